The van der Waals surface area contributed by atoms with E-state index < -0.39 is 222 Å². The fraction of sp³-hybridized carbons (Fsp3) is 0.603. The highest BCUT2D eigenvalue weighted by atomic mass is 19.4. The number of nitro benzene ring substituents is 1. The van der Waals surface area contributed by atoms with Crippen LogP contribution in [0.4, 0.5) is 32.0 Å². The van der Waals surface area contributed by atoms with Gasteiger partial charge in [-0.1, -0.05) is 123 Å². The Morgan fingerprint density at radius 1 is 0.655 bits per heavy atom. The number of primary amides is 1. The first-order chi connectivity index (χ1) is 52.6. The van der Waals surface area contributed by atoms with Crippen molar-refractivity contribution in [2.45, 2.75) is 216 Å². The Morgan fingerprint density at radius 3 is 1.66 bits per heavy atom. The van der Waals surface area contributed by atoms with Crippen molar-refractivity contribution in [2.24, 2.45) is 51.6 Å². The number of nitrogens with one attached hydrogen (secondary N) is 10. The number of hydrogen-bond acceptors (Lipinski definition) is 23. The zero-order valence-corrected chi connectivity index (χ0v) is 62.6. The van der Waals surface area contributed by atoms with Gasteiger partial charge in [-0.3, -0.25) is 67.8 Å². The average Bonchev–Trinajstić information content (AvgIpc) is 0.808. The maximum atomic E-state index is 15.6. The number of halogens is 6. The third-order valence-electron chi connectivity index (χ3n) is 17.4. The van der Waals surface area contributed by atoms with Crippen molar-refractivity contribution in [2.75, 3.05) is 19.7 Å². The van der Waals surface area contributed by atoms with E-state index in [1.165, 1.54) is 56.3 Å². The zero-order chi connectivity index (χ0) is 86.1. The van der Waals surface area contributed by atoms with E-state index in [-0.39, 0.29) is 67.3 Å². The molecule has 45 heteroatoms. The van der Waals surface area contributed by atoms with E-state index in [9.17, 15) is 100 Å². The highest BCUT2D eigenvalue weighted by Crippen LogP contribution is 2.28. The Morgan fingerprint density at radius 2 is 1.17 bits per heavy atom. The number of rotatable bonds is 24. The van der Waals surface area contributed by atoms with E-state index >= 15 is 14.4 Å². The Hall–Kier alpha value is -10.9. The molecule has 24 N–H and O–H groups in total. The average molecular weight is 1620 g/mol. The lowest BCUT2D eigenvalue weighted by atomic mass is 9.85. The van der Waals surface area contributed by atoms with E-state index in [1.54, 1.807) is 27.7 Å². The first-order valence-corrected chi connectivity index (χ1v) is 35.4. The number of alkyl halides is 6. The molecule has 15 atom stereocenters. The third-order valence-corrected chi connectivity index (χ3v) is 17.4. The molecule has 1 saturated carbocycles. The second-order valence-corrected chi connectivity index (χ2v) is 27.3. The quantitative estimate of drug-likeness (QED) is 0.00939. The number of aliphatic carboxylic acids is 2. The van der Waals surface area contributed by atoms with Crippen LogP contribution in [-0.2, 0) is 78.3 Å². The van der Waals surface area contributed by atoms with Gasteiger partial charge in [-0.25, -0.2) is 14.4 Å². The minimum absolute atomic E-state index is 0.0207. The number of ether oxygens (including phenoxy) is 1. The number of aliphatic hydroxyl groups is 4. The molecule has 1 aliphatic carbocycles. The number of nitrogens with zero attached hydrogens (tertiary/aromatic N) is 2. The number of carbonyl (C=O) groups excluding carboxylic acids is 12. The van der Waals surface area contributed by atoms with E-state index in [4.69, 9.17) is 47.5 Å². The van der Waals surface area contributed by atoms with Gasteiger partial charge in [-0.15, -0.1) is 0 Å². The summed E-state index contributed by atoms with van der Waals surface area (Å²) in [6, 6.07) is -6.85. The highest BCUT2D eigenvalue weighted by Gasteiger charge is 2.45. The van der Waals surface area contributed by atoms with E-state index in [2.05, 4.69) is 47.5 Å². The lowest BCUT2D eigenvalue weighted by molar-refractivity contribution is -0.384. The number of nitro groups is 1. The van der Waals surface area contributed by atoms with Crippen LogP contribution < -0.4 is 76.1 Å². The number of benzene rings is 2. The number of amides is 11. The van der Waals surface area contributed by atoms with Gasteiger partial charge < -0.3 is 111 Å². The number of aliphatic hydroxyl groups excluding tert-OH is 4. The Bertz CT molecular complexity index is 3590. The molecular weight excluding hydrogens is 1520 g/mol. The summed E-state index contributed by atoms with van der Waals surface area (Å²) in [4.78, 5) is 205. The fourth-order valence-electron chi connectivity index (χ4n) is 11.0. The number of esters is 1. The second-order valence-electron chi connectivity index (χ2n) is 27.3. The third kappa shape index (κ3) is 33.9. The van der Waals surface area contributed by atoms with Gasteiger partial charge in [0, 0.05) is 25.1 Å². The molecule has 0 bridgehead atoms. The molecule has 1 saturated heterocycles. The summed E-state index contributed by atoms with van der Waals surface area (Å²) in [5, 5.41) is 94.3. The van der Waals surface area contributed by atoms with E-state index in [1.807, 2.05) is 10.6 Å². The summed E-state index contributed by atoms with van der Waals surface area (Å²) in [5.41, 5.74) is 22.7. The van der Waals surface area contributed by atoms with Crippen LogP contribution in [0.1, 0.15) is 130 Å². The topological polar surface area (TPSA) is 649 Å². The minimum atomic E-state index is -5.08. The molecule has 4 rings (SSSR count). The molecule has 1 heterocycles. The number of carboxylic acid groups (broad SMARTS) is 2. The lowest BCUT2D eigenvalue weighted by Gasteiger charge is -2.33. The molecule has 11 amide bonds. The monoisotopic (exact) mass is 1620 g/mol. The first-order valence-electron chi connectivity index (χ1n) is 35.4. The molecule has 0 unspecified atom stereocenters. The lowest BCUT2D eigenvalue weighted by Crippen LogP contribution is -2.64. The van der Waals surface area contributed by atoms with Crippen LogP contribution in [0.5, 0.6) is 0 Å². The maximum Gasteiger partial charge on any atom is 0.490 e. The predicted molar refractivity (Wildman–Crippen MR) is 383 cm³/mol. The van der Waals surface area contributed by atoms with Crippen molar-refractivity contribution in [3.05, 3.63) is 75.8 Å². The number of nitrogens with two attached hydrogens (primary N) is 4. The van der Waals surface area contributed by atoms with Gasteiger partial charge in [0.15, 0.2) is 24.2 Å². The standard InChI is InChI=1S/C64H98N16O19.2C2HF3O2/c1-8-33(6)45-59(92)77-46(34(7)82)58(91)70-29-44(83)75-48(51(85)53(66)86)61(94)74-43(30-81)63(96)99-52(37-18-13-10-14-19-37)49(79-57(90)42(28-36-21-23-38(24-22-36)80(97)98)72-54(87)39(65)27-35-16-11-9-12-17-35)62(95)78-47(50(84)32(4)5)60(93)73-41(26-31(2)3)56(89)71-40(55(88)76-45)20-15-25-69-64(67)68;2*3-2(4,5)1(6)7/h10,13-14,18-19,21-24,31-35,39-43,45-52,81-82,84-85H,8-9,11-12,15-17,20,25-30,65H2,1-7H3,(H2,66,86)(H,70,91)(H,71,89)(H,72,87)(H,73,93)(H,74,94)(H,75,83)(H,76,88)(H,77,92)(H,78,95)(H,79,90)(H4,67,68,69);2*(H,6,7)/t33-,34-,39-,40+,41-,42-,43-,45-,46-,47-,48-,49-,50+,51-,52+;;/m0../s1. The summed E-state index contributed by atoms with van der Waals surface area (Å²) in [6.45, 7) is 8.03. The number of aliphatic imine (C=N–C) groups is 1. The molecule has 0 spiro atoms. The van der Waals surface area contributed by atoms with Crippen LogP contribution >= 0.6 is 0 Å². The second kappa shape index (κ2) is 46.8. The molecule has 0 radical (unpaired) electrons. The number of guanidine groups is 1. The SMILES string of the molecule is CC[C@H](C)[C@@H]1NC(=O)[C@@H](CCCN=C(N)N)NC(=O)[C@H](CC(C)C)NC(=O)[C@H]([C@H](O)C(C)C)NC(=O)[C@@H](NC(=O)[C@H](Cc2ccc([N+](=O)[O-])cc2)NC(=O)[C@@H](N)CC2CCCCC2)[C@@H](c2ccccc2)OC(=O)[C@H](CO)NC(=O)[C@H]([C@H](O)C(N)=O)NC(=O)CNC(=O)[C@H]([C@H](C)O)NC1=O.O=C(O)C(F)(F)F.O=C(O)C(F)(F)F. The predicted octanol–water partition coefficient (Wildman–Crippen LogP) is -3.14. The number of carboxylic acids is 2. The van der Waals surface area contributed by atoms with Gasteiger partial charge in [0.1, 0.15) is 48.3 Å². The smallest absolute Gasteiger partial charge is 0.475 e. The summed E-state index contributed by atoms with van der Waals surface area (Å²) in [6.07, 6.45) is -14.6. The van der Waals surface area contributed by atoms with Crippen molar-refractivity contribution in [1.29, 1.82) is 0 Å². The molecule has 2 fully saturated rings. The molecule has 2 aliphatic rings. The number of non-ortho nitro benzene ring substituents is 1. The number of hydrogen-bond donors (Lipinski definition) is 20. The van der Waals surface area contributed by atoms with Gasteiger partial charge >= 0.3 is 30.3 Å². The summed E-state index contributed by atoms with van der Waals surface area (Å²) in [7, 11) is 0. The molecule has 39 nitrogen and oxygen atoms in total. The maximum absolute atomic E-state index is 15.6. The van der Waals surface area contributed by atoms with Crippen molar-refractivity contribution in [3.8, 4) is 0 Å². The molecule has 1 aliphatic heterocycles. The number of carbonyl (C=O) groups is 14. The van der Waals surface area contributed by atoms with Crippen LogP contribution in [0.15, 0.2) is 59.6 Å². The zero-order valence-electron chi connectivity index (χ0n) is 62.6. The first kappa shape index (κ1) is 98.1. The van der Waals surface area contributed by atoms with E-state index in [0.717, 1.165) is 51.2 Å². The Labute approximate surface area is 642 Å². The van der Waals surface area contributed by atoms with Gasteiger partial charge in [-0.05, 0) is 67.4 Å². The van der Waals surface area contributed by atoms with Crippen molar-refractivity contribution in [1.82, 2.24) is 53.2 Å². The van der Waals surface area contributed by atoms with Gasteiger partial charge in [-0.2, -0.15) is 26.3 Å². The molecule has 0 aromatic heterocycles. The molecular formula is C68H100F6N16O23. The van der Waals surface area contributed by atoms with Crippen LogP contribution in [0.25, 0.3) is 0 Å². The Kier molecular flexibility index (Phi) is 40.6. The number of cyclic esters (lactones) is 1. The summed E-state index contributed by atoms with van der Waals surface area (Å²) in [5.74, 6) is -23.0. The Balaban J connectivity index is 0.00000281. The van der Waals surface area contributed by atoms with Gasteiger partial charge in [0.05, 0.1) is 36.3 Å². The molecule has 113 heavy (non-hydrogen) atoms. The van der Waals surface area contributed by atoms with Gasteiger partial charge in [0.2, 0.25) is 65.0 Å². The van der Waals surface area contributed by atoms with Crippen molar-refractivity contribution < 1.29 is 134 Å². The molecule has 632 valence electrons. The summed E-state index contributed by atoms with van der Waals surface area (Å²) >= 11 is 0. The minimum Gasteiger partial charge on any atom is -0.475 e. The highest BCUT2D eigenvalue weighted by molar-refractivity contribution is 6.00. The normalized spacial score (nSPS) is 22.8. The van der Waals surface area contributed by atoms with Crippen LogP contribution in [0.2, 0.25) is 0 Å². The molecule has 2 aromatic rings. The van der Waals surface area contributed by atoms with Crippen LogP contribution in [0, 0.1) is 33.8 Å². The van der Waals surface area contributed by atoms with Gasteiger partial charge in [0.25, 0.3) is 5.69 Å². The summed E-state index contributed by atoms with van der Waals surface area (Å²) < 4.78 is 69.4. The van der Waals surface area contributed by atoms with Crippen LogP contribution in [0.3, 0.4) is 0 Å². The largest absolute Gasteiger partial charge is 0.490 e. The van der Waals surface area contributed by atoms with Crippen molar-refractivity contribution >= 4 is 94.5 Å². The molecule has 2 aromatic carbocycles. The van der Waals surface area contributed by atoms with Crippen molar-refractivity contribution in [3.63, 3.8) is 0 Å². The fourth-order valence-corrected chi connectivity index (χ4v) is 11.0. The van der Waals surface area contributed by atoms with E-state index in [0.29, 0.717) is 0 Å². The van der Waals surface area contributed by atoms with Crippen LogP contribution in [-0.4, -0.2) is 235 Å².